The zero-order valence-electron chi connectivity index (χ0n) is 15.9. The van der Waals surface area contributed by atoms with E-state index in [9.17, 15) is 4.79 Å². The van der Waals surface area contributed by atoms with Crippen LogP contribution in [-0.4, -0.2) is 49.7 Å². The number of fused-ring (bicyclic) bond motifs is 1. The van der Waals surface area contributed by atoms with Crippen LogP contribution in [0.3, 0.4) is 0 Å². The normalized spacial score (nSPS) is 11.3. The minimum Gasteiger partial charge on any atom is -0.338 e. The molecule has 0 aliphatic carbocycles. The molecule has 0 saturated heterocycles. The Hall–Kier alpha value is -2.27. The molecule has 0 fully saturated rings. The van der Waals surface area contributed by atoms with Gasteiger partial charge in [-0.25, -0.2) is 19.9 Å². The molecule has 11 heteroatoms. The van der Waals surface area contributed by atoms with Gasteiger partial charge in [0.05, 0.1) is 0 Å². The van der Waals surface area contributed by atoms with E-state index < -0.39 is 0 Å². The third kappa shape index (κ3) is 5.61. The lowest BCUT2D eigenvalue weighted by Gasteiger charge is -2.24. The van der Waals surface area contributed by atoms with Gasteiger partial charge in [0.15, 0.2) is 0 Å². The third-order valence-corrected chi connectivity index (χ3v) is 5.20. The summed E-state index contributed by atoms with van der Waals surface area (Å²) in [5.74, 6) is 1.75. The average molecular weight is 421 g/mol. The number of nitrogens with one attached hydrogen (secondary N) is 2. The summed E-state index contributed by atoms with van der Waals surface area (Å²) in [7, 11) is 0. The number of carbonyl (C=O) groups is 1. The smallest absolute Gasteiger partial charge is 0.323 e. The van der Waals surface area contributed by atoms with Crippen molar-refractivity contribution in [3.8, 4) is 0 Å². The molecule has 28 heavy (non-hydrogen) atoms. The number of nitrogens with zero attached hydrogens (tertiary/aromatic N) is 6. The number of urea groups is 1. The highest BCUT2D eigenvalue weighted by Gasteiger charge is 2.19. The molecule has 150 valence electrons. The number of amides is 2. The highest BCUT2D eigenvalue weighted by molar-refractivity contribution is 7.82. The number of unbranched alkanes of at least 4 members (excludes halogenated alkanes) is 2. The Bertz CT molecular complexity index is 896. The zero-order valence-corrected chi connectivity index (χ0v) is 17.6. The summed E-state index contributed by atoms with van der Waals surface area (Å²) in [6.45, 7) is 5.37. The number of rotatable bonds is 9. The predicted molar refractivity (Wildman–Crippen MR) is 112 cm³/mol. The van der Waals surface area contributed by atoms with Crippen molar-refractivity contribution in [2.24, 2.45) is 5.92 Å². The van der Waals surface area contributed by atoms with E-state index in [1.165, 1.54) is 11.3 Å². The Morgan fingerprint density at radius 2 is 2.14 bits per heavy atom. The summed E-state index contributed by atoms with van der Waals surface area (Å²) < 4.78 is 0.667. The number of hydrogen-bond donors (Lipinski definition) is 3. The van der Waals surface area contributed by atoms with Gasteiger partial charge in [-0.3, -0.25) is 4.90 Å². The summed E-state index contributed by atoms with van der Waals surface area (Å²) in [4.78, 5) is 24.1. The second kappa shape index (κ2) is 9.78. The third-order valence-electron chi connectivity index (χ3n) is 4.05. The SMILES string of the molecule is CC(C)CN(C(=O)NCCCCCc1nnn[nH]1)c1ccc2nc(S)sc2n1. The Morgan fingerprint density at radius 1 is 1.29 bits per heavy atom. The van der Waals surface area contributed by atoms with Gasteiger partial charge < -0.3 is 5.32 Å². The van der Waals surface area contributed by atoms with E-state index in [2.05, 4.69) is 62.4 Å². The number of pyridine rings is 1. The van der Waals surface area contributed by atoms with Crippen molar-refractivity contribution >= 4 is 46.2 Å². The van der Waals surface area contributed by atoms with Crippen LogP contribution < -0.4 is 10.2 Å². The van der Waals surface area contributed by atoms with Crippen LogP contribution in [0.5, 0.6) is 0 Å². The summed E-state index contributed by atoms with van der Waals surface area (Å²) in [5.41, 5.74) is 0.797. The highest BCUT2D eigenvalue weighted by Crippen LogP contribution is 2.25. The van der Waals surface area contributed by atoms with Gasteiger partial charge in [0.1, 0.15) is 26.3 Å². The molecule has 2 N–H and O–H groups in total. The van der Waals surface area contributed by atoms with Crippen LogP contribution in [0.2, 0.25) is 0 Å². The Labute approximate surface area is 172 Å². The standard InChI is InChI=1S/C17H24N8OS2/c1-11(2)10-25(14-8-7-12-15(20-14)28-17(27)19-12)16(26)18-9-5-3-4-6-13-21-23-24-22-13/h7-8,11H,3-6,9-10H2,1-2H3,(H,18,26)(H,19,27)(H,21,22,23,24). The van der Waals surface area contributed by atoms with Crippen LogP contribution in [0.1, 0.15) is 38.9 Å². The highest BCUT2D eigenvalue weighted by atomic mass is 32.2. The van der Waals surface area contributed by atoms with Crippen molar-refractivity contribution in [1.29, 1.82) is 0 Å². The van der Waals surface area contributed by atoms with E-state index in [1.54, 1.807) is 4.90 Å². The molecule has 2 amide bonds. The first-order valence-corrected chi connectivity index (χ1v) is 10.5. The summed E-state index contributed by atoms with van der Waals surface area (Å²) in [6, 6.07) is 3.59. The molecule has 3 aromatic heterocycles. The molecular weight excluding hydrogens is 396 g/mol. The maximum atomic E-state index is 12.8. The molecule has 0 aliphatic heterocycles. The first-order chi connectivity index (χ1) is 13.5. The number of thiol groups is 1. The van der Waals surface area contributed by atoms with Crippen molar-refractivity contribution in [3.63, 3.8) is 0 Å². The monoisotopic (exact) mass is 420 g/mol. The number of anilines is 1. The van der Waals surface area contributed by atoms with Crippen LogP contribution in [-0.2, 0) is 6.42 Å². The summed E-state index contributed by atoms with van der Waals surface area (Å²) in [6.07, 6.45) is 3.67. The molecule has 0 radical (unpaired) electrons. The number of aromatic amines is 1. The molecule has 0 aliphatic rings. The van der Waals surface area contributed by atoms with Gasteiger partial charge in [-0.1, -0.05) is 31.6 Å². The fourth-order valence-corrected chi connectivity index (χ4v) is 3.80. The number of carbonyl (C=O) groups excluding carboxylic acids is 1. The minimum absolute atomic E-state index is 0.129. The molecule has 0 unspecified atom stereocenters. The zero-order chi connectivity index (χ0) is 19.9. The molecule has 3 rings (SSSR count). The molecule has 9 nitrogen and oxygen atoms in total. The second-order valence-corrected chi connectivity index (χ2v) is 8.59. The van der Waals surface area contributed by atoms with Gasteiger partial charge in [0.2, 0.25) is 0 Å². The van der Waals surface area contributed by atoms with E-state index in [-0.39, 0.29) is 6.03 Å². The van der Waals surface area contributed by atoms with Gasteiger partial charge in [-0.15, -0.1) is 17.7 Å². The topological polar surface area (TPSA) is 113 Å². The van der Waals surface area contributed by atoms with Gasteiger partial charge in [-0.05, 0) is 41.3 Å². The van der Waals surface area contributed by atoms with Crippen molar-refractivity contribution in [2.75, 3.05) is 18.0 Å². The summed E-state index contributed by atoms with van der Waals surface area (Å²) in [5, 5.41) is 16.7. The Balaban J connectivity index is 1.53. The van der Waals surface area contributed by atoms with Crippen molar-refractivity contribution in [3.05, 3.63) is 18.0 Å². The molecule has 0 bridgehead atoms. The number of aromatic nitrogens is 6. The number of H-pyrrole nitrogens is 1. The Kier molecular flexibility index (Phi) is 7.15. The van der Waals surface area contributed by atoms with E-state index in [4.69, 9.17) is 0 Å². The van der Waals surface area contributed by atoms with Gasteiger partial charge in [0.25, 0.3) is 0 Å². The Morgan fingerprint density at radius 3 is 2.89 bits per heavy atom. The fourth-order valence-electron chi connectivity index (χ4n) is 2.76. The fraction of sp³-hybridized carbons (Fsp3) is 0.529. The number of thiazole rings is 1. The predicted octanol–water partition coefficient (Wildman–Crippen LogP) is 3.08. The van der Waals surface area contributed by atoms with E-state index in [0.29, 0.717) is 29.2 Å². The van der Waals surface area contributed by atoms with E-state index in [0.717, 1.165) is 41.9 Å². The number of hydrogen-bond acceptors (Lipinski definition) is 8. The maximum Gasteiger partial charge on any atom is 0.323 e. The van der Waals surface area contributed by atoms with Crippen LogP contribution in [0.15, 0.2) is 16.5 Å². The minimum atomic E-state index is -0.129. The molecular formula is C17H24N8OS2. The average Bonchev–Trinajstić information content (AvgIpc) is 3.30. The van der Waals surface area contributed by atoms with Crippen LogP contribution in [0.25, 0.3) is 10.3 Å². The van der Waals surface area contributed by atoms with Gasteiger partial charge in [-0.2, -0.15) is 0 Å². The van der Waals surface area contributed by atoms with E-state index in [1.807, 2.05) is 12.1 Å². The van der Waals surface area contributed by atoms with Crippen molar-refractivity contribution in [1.82, 2.24) is 35.9 Å². The molecule has 0 spiro atoms. The number of tetrazole rings is 1. The van der Waals surface area contributed by atoms with E-state index >= 15 is 0 Å². The molecule has 0 saturated carbocycles. The lowest BCUT2D eigenvalue weighted by atomic mass is 10.2. The van der Waals surface area contributed by atoms with Crippen molar-refractivity contribution in [2.45, 2.75) is 43.9 Å². The lowest BCUT2D eigenvalue weighted by molar-refractivity contribution is 0.245. The first-order valence-electron chi connectivity index (χ1n) is 9.27. The van der Waals surface area contributed by atoms with Crippen LogP contribution in [0, 0.1) is 5.92 Å². The summed E-state index contributed by atoms with van der Waals surface area (Å²) >= 11 is 5.69. The lowest BCUT2D eigenvalue weighted by Crippen LogP contribution is -2.42. The second-order valence-electron chi connectivity index (χ2n) is 6.89. The van der Waals surface area contributed by atoms with Gasteiger partial charge >= 0.3 is 6.03 Å². The van der Waals surface area contributed by atoms with Crippen molar-refractivity contribution < 1.29 is 4.79 Å². The molecule has 0 aromatic carbocycles. The molecule has 3 heterocycles. The van der Waals surface area contributed by atoms with Crippen LogP contribution >= 0.6 is 24.0 Å². The maximum absolute atomic E-state index is 12.8. The van der Waals surface area contributed by atoms with Crippen LogP contribution in [0.4, 0.5) is 10.6 Å². The molecule has 0 atom stereocenters. The quantitative estimate of drug-likeness (QED) is 0.362. The first kappa shape index (κ1) is 20.5. The largest absolute Gasteiger partial charge is 0.338 e. The van der Waals surface area contributed by atoms with Gasteiger partial charge in [0, 0.05) is 19.5 Å². The number of aryl methyl sites for hydroxylation is 1. The molecule has 3 aromatic rings.